The number of fused-ring (bicyclic) bond motifs is 1. The van der Waals surface area contributed by atoms with E-state index >= 15 is 0 Å². The van der Waals surface area contributed by atoms with Gasteiger partial charge in [-0.3, -0.25) is 4.79 Å². The number of aliphatic carboxylic acids is 1. The molecule has 0 aliphatic heterocycles. The molecule has 0 heterocycles. The number of nitrogens with one attached hydrogen (secondary N) is 1. The molecule has 0 saturated heterocycles. The Morgan fingerprint density at radius 3 is 2.80 bits per heavy atom. The van der Waals surface area contributed by atoms with Crippen molar-refractivity contribution in [3.63, 3.8) is 0 Å². The van der Waals surface area contributed by atoms with Gasteiger partial charge < -0.3 is 10.4 Å². The molecule has 4 heteroatoms. The summed E-state index contributed by atoms with van der Waals surface area (Å²) < 4.78 is 0. The summed E-state index contributed by atoms with van der Waals surface area (Å²) in [5.74, 6) is -1.36. The first kappa shape index (κ1) is 14.3. The number of aryl methyl sites for hydroxylation is 1. The van der Waals surface area contributed by atoms with Crippen molar-refractivity contribution in [1.29, 1.82) is 0 Å². The first-order chi connectivity index (χ1) is 9.46. The average Bonchev–Trinajstić information content (AvgIpc) is 2.46. The van der Waals surface area contributed by atoms with Crippen LogP contribution in [-0.4, -0.2) is 22.5 Å². The number of carboxylic acids is 1. The van der Waals surface area contributed by atoms with E-state index in [-0.39, 0.29) is 5.91 Å². The third-order valence-electron chi connectivity index (χ3n) is 3.85. The van der Waals surface area contributed by atoms with Crippen molar-refractivity contribution < 1.29 is 14.7 Å². The Morgan fingerprint density at radius 2 is 2.15 bits per heavy atom. The number of carbonyl (C=O) groups is 2. The monoisotopic (exact) mass is 273 g/mol. The Morgan fingerprint density at radius 1 is 1.40 bits per heavy atom. The van der Waals surface area contributed by atoms with Crippen LogP contribution in [0.5, 0.6) is 0 Å². The van der Waals surface area contributed by atoms with Crippen molar-refractivity contribution in [2.75, 3.05) is 0 Å². The molecule has 0 radical (unpaired) electrons. The maximum absolute atomic E-state index is 12.2. The Labute approximate surface area is 118 Å². The Kier molecular flexibility index (Phi) is 3.93. The number of rotatable bonds is 4. The second kappa shape index (κ2) is 5.49. The van der Waals surface area contributed by atoms with Crippen LogP contribution >= 0.6 is 0 Å². The fraction of sp³-hybridized carbons (Fsp3) is 0.375. The van der Waals surface area contributed by atoms with Crippen molar-refractivity contribution >= 4 is 18.0 Å². The zero-order chi connectivity index (χ0) is 14.8. The van der Waals surface area contributed by atoms with Crippen molar-refractivity contribution in [2.45, 2.75) is 38.6 Å². The van der Waals surface area contributed by atoms with E-state index in [1.807, 2.05) is 18.2 Å². The van der Waals surface area contributed by atoms with Gasteiger partial charge in [-0.2, -0.15) is 0 Å². The molecule has 106 valence electrons. The summed E-state index contributed by atoms with van der Waals surface area (Å²) >= 11 is 0. The lowest BCUT2D eigenvalue weighted by Gasteiger charge is -2.24. The molecule has 2 N–H and O–H groups in total. The molecule has 20 heavy (non-hydrogen) atoms. The second-order valence-electron chi connectivity index (χ2n) is 5.30. The quantitative estimate of drug-likeness (QED) is 0.886. The molecule has 4 nitrogen and oxygen atoms in total. The van der Waals surface area contributed by atoms with Crippen LogP contribution in [-0.2, 0) is 11.2 Å². The molecule has 2 rings (SSSR count). The van der Waals surface area contributed by atoms with E-state index in [4.69, 9.17) is 0 Å². The normalized spacial score (nSPS) is 16.1. The summed E-state index contributed by atoms with van der Waals surface area (Å²) in [5.41, 5.74) is 1.55. The van der Waals surface area contributed by atoms with Crippen LogP contribution in [0.2, 0.25) is 0 Å². The van der Waals surface area contributed by atoms with Crippen LogP contribution in [0, 0.1) is 0 Å². The van der Waals surface area contributed by atoms with Crippen molar-refractivity contribution in [3.8, 4) is 0 Å². The van der Waals surface area contributed by atoms with Gasteiger partial charge >= 0.3 is 5.97 Å². The topological polar surface area (TPSA) is 66.4 Å². The highest BCUT2D eigenvalue weighted by molar-refractivity contribution is 5.98. The summed E-state index contributed by atoms with van der Waals surface area (Å²) in [4.78, 5) is 23.4. The third kappa shape index (κ3) is 2.74. The Balaban J connectivity index is 2.22. The highest BCUT2D eigenvalue weighted by Crippen LogP contribution is 2.21. The van der Waals surface area contributed by atoms with Crippen molar-refractivity contribution in [3.05, 3.63) is 41.0 Å². The van der Waals surface area contributed by atoms with E-state index in [2.05, 4.69) is 11.4 Å². The maximum Gasteiger partial charge on any atom is 0.329 e. The lowest BCUT2D eigenvalue weighted by Crippen LogP contribution is -2.51. The van der Waals surface area contributed by atoms with Gasteiger partial charge in [0.05, 0.1) is 0 Å². The SMILES string of the molecule is CCC(C)(NC(=O)c1ccc2c(c1)CCC=C2)C(=O)O. The largest absolute Gasteiger partial charge is 0.480 e. The lowest BCUT2D eigenvalue weighted by atomic mass is 9.94. The summed E-state index contributed by atoms with van der Waals surface area (Å²) in [6.07, 6.45) is 6.38. The van der Waals surface area contributed by atoms with Crippen LogP contribution in [0.3, 0.4) is 0 Å². The van der Waals surface area contributed by atoms with Gasteiger partial charge in [0, 0.05) is 5.56 Å². The molecule has 1 aromatic rings. The van der Waals surface area contributed by atoms with Crippen molar-refractivity contribution in [2.24, 2.45) is 0 Å². The van der Waals surface area contributed by atoms with Gasteiger partial charge in [0.15, 0.2) is 0 Å². The molecule has 1 aliphatic carbocycles. The van der Waals surface area contributed by atoms with Crippen LogP contribution in [0.4, 0.5) is 0 Å². The lowest BCUT2D eigenvalue weighted by molar-refractivity contribution is -0.143. The summed E-state index contributed by atoms with van der Waals surface area (Å²) in [5, 5.41) is 11.8. The Hall–Kier alpha value is -2.10. The second-order valence-corrected chi connectivity index (χ2v) is 5.30. The number of hydrogen-bond acceptors (Lipinski definition) is 2. The molecule has 0 spiro atoms. The van der Waals surface area contributed by atoms with E-state index in [0.717, 1.165) is 24.0 Å². The zero-order valence-corrected chi connectivity index (χ0v) is 11.8. The van der Waals surface area contributed by atoms with Gasteiger partial charge in [0.2, 0.25) is 0 Å². The average molecular weight is 273 g/mol. The fourth-order valence-electron chi connectivity index (χ4n) is 2.19. The molecular formula is C16H19NO3. The molecular weight excluding hydrogens is 254 g/mol. The fourth-order valence-corrected chi connectivity index (χ4v) is 2.19. The molecule has 1 amide bonds. The zero-order valence-electron chi connectivity index (χ0n) is 11.8. The van der Waals surface area contributed by atoms with Crippen LogP contribution in [0.25, 0.3) is 6.08 Å². The van der Waals surface area contributed by atoms with Crippen molar-refractivity contribution in [1.82, 2.24) is 5.32 Å². The predicted octanol–water partition coefficient (Wildman–Crippen LogP) is 2.63. The first-order valence-electron chi connectivity index (χ1n) is 6.81. The number of hydrogen-bond donors (Lipinski definition) is 2. The van der Waals surface area contributed by atoms with Gasteiger partial charge in [-0.1, -0.05) is 25.1 Å². The molecule has 0 bridgehead atoms. The molecule has 1 aliphatic rings. The van der Waals surface area contributed by atoms with E-state index < -0.39 is 11.5 Å². The van der Waals surface area contributed by atoms with Gasteiger partial charge in [-0.05, 0) is 49.4 Å². The van der Waals surface area contributed by atoms with Gasteiger partial charge in [-0.15, -0.1) is 0 Å². The van der Waals surface area contributed by atoms with Crippen LogP contribution in [0.1, 0.15) is 48.2 Å². The molecule has 1 aromatic carbocycles. The molecule has 1 unspecified atom stereocenters. The summed E-state index contributed by atoms with van der Waals surface area (Å²) in [7, 11) is 0. The number of carboxylic acid groups (broad SMARTS) is 1. The van der Waals surface area contributed by atoms with Gasteiger partial charge in [-0.25, -0.2) is 4.79 Å². The Bertz CT molecular complexity index is 577. The smallest absolute Gasteiger partial charge is 0.329 e. The third-order valence-corrected chi connectivity index (χ3v) is 3.85. The minimum absolute atomic E-state index is 0.335. The van der Waals surface area contributed by atoms with Crippen LogP contribution in [0.15, 0.2) is 24.3 Å². The standard InChI is InChI=1S/C16H19NO3/c1-3-16(2,15(19)20)17-14(18)13-9-8-11-6-4-5-7-12(11)10-13/h4,6,8-10H,3,5,7H2,1-2H3,(H,17,18)(H,19,20). The molecule has 1 atom stereocenters. The van der Waals surface area contributed by atoms with E-state index in [1.54, 1.807) is 13.0 Å². The molecule has 0 aromatic heterocycles. The number of carbonyl (C=O) groups excluding carboxylic acids is 1. The van der Waals surface area contributed by atoms with Gasteiger partial charge in [0.1, 0.15) is 5.54 Å². The highest BCUT2D eigenvalue weighted by atomic mass is 16.4. The first-order valence-corrected chi connectivity index (χ1v) is 6.81. The van der Waals surface area contributed by atoms with E-state index in [0.29, 0.717) is 12.0 Å². The minimum Gasteiger partial charge on any atom is -0.480 e. The van der Waals surface area contributed by atoms with Crippen LogP contribution < -0.4 is 5.32 Å². The molecule has 0 saturated carbocycles. The number of allylic oxidation sites excluding steroid dienone is 1. The van der Waals surface area contributed by atoms with E-state index in [1.165, 1.54) is 6.92 Å². The molecule has 0 fully saturated rings. The number of benzene rings is 1. The minimum atomic E-state index is -1.23. The maximum atomic E-state index is 12.2. The van der Waals surface area contributed by atoms with E-state index in [9.17, 15) is 14.7 Å². The van der Waals surface area contributed by atoms with Gasteiger partial charge in [0.25, 0.3) is 5.91 Å². The summed E-state index contributed by atoms with van der Waals surface area (Å²) in [6, 6.07) is 5.50. The highest BCUT2D eigenvalue weighted by Gasteiger charge is 2.33. The number of amides is 1. The summed E-state index contributed by atoms with van der Waals surface area (Å²) in [6.45, 7) is 3.26. The predicted molar refractivity (Wildman–Crippen MR) is 77.6 cm³/mol.